The first-order valence-corrected chi connectivity index (χ1v) is 4.02. The van der Waals surface area contributed by atoms with Gasteiger partial charge in [-0.1, -0.05) is 6.92 Å². The van der Waals surface area contributed by atoms with Crippen molar-refractivity contribution in [1.82, 2.24) is 4.90 Å². The molecule has 1 atom stereocenters. The lowest BCUT2D eigenvalue weighted by Crippen LogP contribution is -2.07. The Balaban J connectivity index is 2.76. The molecule has 0 aromatic heterocycles. The van der Waals surface area contributed by atoms with Crippen molar-refractivity contribution in [1.29, 1.82) is 0 Å². The van der Waals surface area contributed by atoms with Gasteiger partial charge in [-0.15, -0.1) is 0 Å². The lowest BCUT2D eigenvalue weighted by molar-refractivity contribution is -0.114. The lowest BCUT2D eigenvalue weighted by atomic mass is 10.1. The maximum Gasteiger partial charge on any atom is 0.160 e. The summed E-state index contributed by atoms with van der Waals surface area (Å²) in [6.45, 7) is 2.11. The molecule has 0 amide bonds. The maximum atomic E-state index is 11.2. The third-order valence-corrected chi connectivity index (χ3v) is 2.05. The molecule has 0 spiro atoms. The molecule has 11 heavy (non-hydrogen) atoms. The van der Waals surface area contributed by atoms with Crippen LogP contribution < -0.4 is 0 Å². The molecule has 1 rings (SSSR count). The molecule has 1 saturated carbocycles. The topological polar surface area (TPSA) is 20.3 Å². The van der Waals surface area contributed by atoms with Gasteiger partial charge in [-0.25, -0.2) is 0 Å². The normalized spacial score (nSPS) is 28.1. The van der Waals surface area contributed by atoms with Crippen molar-refractivity contribution in [2.45, 2.75) is 19.8 Å². The summed E-state index contributed by atoms with van der Waals surface area (Å²) in [5, 5.41) is 0. The van der Waals surface area contributed by atoms with Crippen LogP contribution in [-0.2, 0) is 4.79 Å². The predicted molar refractivity (Wildman–Crippen MR) is 45.2 cm³/mol. The van der Waals surface area contributed by atoms with Crippen LogP contribution in [0.5, 0.6) is 0 Å². The van der Waals surface area contributed by atoms with Crippen LogP contribution in [0.1, 0.15) is 19.8 Å². The van der Waals surface area contributed by atoms with Gasteiger partial charge in [-0.2, -0.15) is 0 Å². The Labute approximate surface area is 67.9 Å². The van der Waals surface area contributed by atoms with Gasteiger partial charge < -0.3 is 4.90 Å². The standard InChI is InChI=1S/C9H15NO/c1-7-4-5-9(11)8(7)6-10(2)3/h6-7H,4-5H2,1-3H3/b8-6+/t7-/m0/s1. The van der Waals surface area contributed by atoms with E-state index in [9.17, 15) is 4.79 Å². The van der Waals surface area contributed by atoms with Gasteiger partial charge in [-0.3, -0.25) is 4.79 Å². The van der Waals surface area contributed by atoms with Gasteiger partial charge in [0.05, 0.1) is 0 Å². The predicted octanol–water partition coefficient (Wildman–Crippen LogP) is 1.43. The first-order chi connectivity index (χ1) is 5.11. The van der Waals surface area contributed by atoms with Crippen LogP contribution in [0.25, 0.3) is 0 Å². The van der Waals surface area contributed by atoms with Gasteiger partial charge in [0.25, 0.3) is 0 Å². The summed E-state index contributed by atoms with van der Waals surface area (Å²) in [5.41, 5.74) is 0.995. The molecule has 2 nitrogen and oxygen atoms in total. The van der Waals surface area contributed by atoms with Crippen LogP contribution in [-0.4, -0.2) is 24.8 Å². The number of hydrogen-bond acceptors (Lipinski definition) is 2. The van der Waals surface area contributed by atoms with Crippen molar-refractivity contribution in [2.24, 2.45) is 5.92 Å². The number of carbonyl (C=O) groups excluding carboxylic acids is 1. The smallest absolute Gasteiger partial charge is 0.160 e. The summed E-state index contributed by atoms with van der Waals surface area (Å²) in [7, 11) is 3.90. The quantitative estimate of drug-likeness (QED) is 0.531. The van der Waals surface area contributed by atoms with E-state index in [1.54, 1.807) is 0 Å². The number of hydrogen-bond donors (Lipinski definition) is 0. The molecule has 0 aromatic carbocycles. The number of Topliss-reactive ketones (excluding diaryl/α,β-unsaturated/α-hetero) is 1. The van der Waals surface area contributed by atoms with E-state index in [1.807, 2.05) is 25.2 Å². The zero-order valence-corrected chi connectivity index (χ0v) is 7.42. The lowest BCUT2D eigenvalue weighted by Gasteiger charge is -2.08. The Bertz CT molecular complexity index is 194. The monoisotopic (exact) mass is 153 g/mol. The highest BCUT2D eigenvalue weighted by Gasteiger charge is 2.24. The average molecular weight is 153 g/mol. The zero-order valence-electron chi connectivity index (χ0n) is 7.42. The molecule has 0 unspecified atom stereocenters. The number of allylic oxidation sites excluding steroid dienone is 1. The van der Waals surface area contributed by atoms with E-state index < -0.39 is 0 Å². The van der Waals surface area contributed by atoms with Crippen molar-refractivity contribution in [2.75, 3.05) is 14.1 Å². The Kier molecular flexibility index (Phi) is 2.32. The summed E-state index contributed by atoms with van der Waals surface area (Å²) in [6.07, 6.45) is 3.71. The van der Waals surface area contributed by atoms with E-state index in [-0.39, 0.29) is 0 Å². The van der Waals surface area contributed by atoms with E-state index in [0.29, 0.717) is 11.7 Å². The van der Waals surface area contributed by atoms with E-state index in [4.69, 9.17) is 0 Å². The molecule has 1 aliphatic rings. The van der Waals surface area contributed by atoms with Gasteiger partial charge in [0.15, 0.2) is 5.78 Å². The number of rotatable bonds is 1. The fourth-order valence-corrected chi connectivity index (χ4v) is 1.40. The van der Waals surface area contributed by atoms with E-state index >= 15 is 0 Å². The third kappa shape index (κ3) is 1.82. The molecule has 0 aliphatic heterocycles. The van der Waals surface area contributed by atoms with Crippen LogP contribution in [0.4, 0.5) is 0 Å². The number of nitrogens with zero attached hydrogens (tertiary/aromatic N) is 1. The zero-order chi connectivity index (χ0) is 8.43. The maximum absolute atomic E-state index is 11.2. The fourth-order valence-electron chi connectivity index (χ4n) is 1.40. The molecule has 0 heterocycles. The second-order valence-electron chi connectivity index (χ2n) is 3.41. The molecule has 0 bridgehead atoms. The van der Waals surface area contributed by atoms with E-state index in [2.05, 4.69) is 6.92 Å². The van der Waals surface area contributed by atoms with Crippen LogP contribution in [0.15, 0.2) is 11.8 Å². The largest absolute Gasteiger partial charge is 0.383 e. The minimum absolute atomic E-state index is 0.325. The van der Waals surface area contributed by atoms with Crippen LogP contribution in [0.3, 0.4) is 0 Å². The van der Waals surface area contributed by atoms with Crippen LogP contribution >= 0.6 is 0 Å². The van der Waals surface area contributed by atoms with Crippen molar-refractivity contribution in [3.05, 3.63) is 11.8 Å². The van der Waals surface area contributed by atoms with Gasteiger partial charge in [0.2, 0.25) is 0 Å². The summed E-state index contributed by atoms with van der Waals surface area (Å²) < 4.78 is 0. The molecule has 1 fully saturated rings. The van der Waals surface area contributed by atoms with Gasteiger partial charge in [-0.05, 0) is 12.3 Å². The molecule has 0 saturated heterocycles. The van der Waals surface area contributed by atoms with Gasteiger partial charge >= 0.3 is 0 Å². The van der Waals surface area contributed by atoms with Gasteiger partial charge in [0, 0.05) is 32.3 Å². The summed E-state index contributed by atoms with van der Waals surface area (Å²) in [4.78, 5) is 13.2. The van der Waals surface area contributed by atoms with Gasteiger partial charge in [0.1, 0.15) is 0 Å². The number of ketones is 1. The molecule has 0 aromatic rings. The minimum Gasteiger partial charge on any atom is -0.383 e. The molecular formula is C9H15NO. The molecule has 62 valence electrons. The van der Waals surface area contributed by atoms with E-state index in [0.717, 1.165) is 18.4 Å². The second kappa shape index (κ2) is 3.07. The van der Waals surface area contributed by atoms with Crippen molar-refractivity contribution < 1.29 is 4.79 Å². The Morgan fingerprint density at radius 2 is 2.18 bits per heavy atom. The first-order valence-electron chi connectivity index (χ1n) is 4.02. The SMILES string of the molecule is C[C@H]1CCC(=O)/C1=C/N(C)C. The summed E-state index contributed by atoms with van der Waals surface area (Å²) in [6, 6.07) is 0. The van der Waals surface area contributed by atoms with Crippen LogP contribution in [0, 0.1) is 5.92 Å². The minimum atomic E-state index is 0.325. The van der Waals surface area contributed by atoms with Crippen molar-refractivity contribution in [3.63, 3.8) is 0 Å². The number of carbonyl (C=O) groups is 1. The third-order valence-electron chi connectivity index (χ3n) is 2.05. The highest BCUT2D eigenvalue weighted by Crippen LogP contribution is 2.27. The van der Waals surface area contributed by atoms with Crippen LogP contribution in [0.2, 0.25) is 0 Å². The first kappa shape index (κ1) is 8.31. The summed E-state index contributed by atoms with van der Waals surface area (Å²) in [5.74, 6) is 0.788. The van der Waals surface area contributed by atoms with Crippen molar-refractivity contribution in [3.8, 4) is 0 Å². The fraction of sp³-hybridized carbons (Fsp3) is 0.667. The Morgan fingerprint density at radius 3 is 2.55 bits per heavy atom. The molecule has 1 aliphatic carbocycles. The second-order valence-corrected chi connectivity index (χ2v) is 3.41. The summed E-state index contributed by atoms with van der Waals surface area (Å²) >= 11 is 0. The Morgan fingerprint density at radius 1 is 1.55 bits per heavy atom. The molecule has 0 radical (unpaired) electrons. The molecular weight excluding hydrogens is 138 g/mol. The Hall–Kier alpha value is -0.790. The molecule has 2 heteroatoms. The molecule has 0 N–H and O–H groups in total. The van der Waals surface area contributed by atoms with Crippen molar-refractivity contribution >= 4 is 5.78 Å². The van der Waals surface area contributed by atoms with E-state index in [1.165, 1.54) is 0 Å². The highest BCUT2D eigenvalue weighted by molar-refractivity contribution is 5.97. The highest BCUT2D eigenvalue weighted by atomic mass is 16.1. The average Bonchev–Trinajstić information content (AvgIpc) is 2.18.